The predicted octanol–water partition coefficient (Wildman–Crippen LogP) is 2.68. The van der Waals surface area contributed by atoms with E-state index in [1.165, 1.54) is 11.8 Å². The highest BCUT2D eigenvalue weighted by Gasteiger charge is 2.21. The molecule has 0 aliphatic rings. The van der Waals surface area contributed by atoms with E-state index < -0.39 is 28.8 Å². The van der Waals surface area contributed by atoms with Crippen LogP contribution in [0.5, 0.6) is 0 Å². The van der Waals surface area contributed by atoms with Crippen molar-refractivity contribution in [3.8, 4) is 0 Å². The summed E-state index contributed by atoms with van der Waals surface area (Å²) in [6, 6.07) is 6.86. The van der Waals surface area contributed by atoms with Gasteiger partial charge in [-0.2, -0.15) is 15.0 Å². The van der Waals surface area contributed by atoms with Gasteiger partial charge in [0, 0.05) is 10.3 Å². The quantitative estimate of drug-likeness (QED) is 0.361. The number of aliphatic hydroxyl groups is 2. The highest BCUT2D eigenvalue weighted by Crippen LogP contribution is 2.34. The van der Waals surface area contributed by atoms with Gasteiger partial charge in [-0.25, -0.2) is 8.42 Å². The van der Waals surface area contributed by atoms with Gasteiger partial charge in [-0.3, -0.25) is 4.72 Å². The number of thioether (sulfide) groups is 1. The summed E-state index contributed by atoms with van der Waals surface area (Å²) in [5, 5.41) is 23.2. The fourth-order valence-electron chi connectivity index (χ4n) is 2.61. The van der Waals surface area contributed by atoms with Crippen molar-refractivity contribution < 1.29 is 18.6 Å². The Kier molecular flexibility index (Phi) is 9.10. The molecule has 3 atom stereocenters. The maximum atomic E-state index is 11.7. The molecule has 0 radical (unpaired) electrons. The monoisotopic (exact) mass is 475 g/mol. The summed E-state index contributed by atoms with van der Waals surface area (Å²) in [7, 11) is -3.60. The first kappa shape index (κ1) is 24.6. The maximum absolute atomic E-state index is 11.7. The van der Waals surface area contributed by atoms with Gasteiger partial charge in [-0.05, 0) is 31.0 Å². The number of benzene rings is 1. The normalized spacial score (nSPS) is 14.7. The van der Waals surface area contributed by atoms with Crippen molar-refractivity contribution in [3.63, 3.8) is 0 Å². The topological polar surface area (TPSA) is 137 Å². The van der Waals surface area contributed by atoms with E-state index in [1.807, 2.05) is 26.0 Å². The Morgan fingerprint density at radius 1 is 1.17 bits per heavy atom. The van der Waals surface area contributed by atoms with Gasteiger partial charge >= 0.3 is 0 Å². The molecular formula is C18H26ClN5O4S2. The Hall–Kier alpha value is -1.66. The van der Waals surface area contributed by atoms with E-state index in [0.717, 1.165) is 18.2 Å². The number of sulfonamides is 1. The lowest BCUT2D eigenvalue weighted by molar-refractivity contribution is 0.0769. The highest BCUT2D eigenvalue weighted by molar-refractivity contribution is 7.99. The van der Waals surface area contributed by atoms with E-state index in [0.29, 0.717) is 16.6 Å². The summed E-state index contributed by atoms with van der Waals surface area (Å²) in [5.41, 5.74) is 0.997. The number of hydrogen-bond acceptors (Lipinski definition) is 9. The second-order valence-corrected chi connectivity index (χ2v) is 10.2. The number of anilines is 2. The van der Waals surface area contributed by atoms with Crippen LogP contribution in [0.2, 0.25) is 5.02 Å². The van der Waals surface area contributed by atoms with Crippen LogP contribution >= 0.6 is 23.4 Å². The summed E-state index contributed by atoms with van der Waals surface area (Å²) in [4.78, 5) is 12.7. The third-order valence-corrected chi connectivity index (χ3v) is 5.90. The van der Waals surface area contributed by atoms with Crippen molar-refractivity contribution in [1.29, 1.82) is 0 Å². The van der Waals surface area contributed by atoms with Crippen LogP contribution in [0.15, 0.2) is 29.4 Å². The Labute approximate surface area is 185 Å². The molecule has 0 amide bonds. The lowest BCUT2D eigenvalue weighted by atomic mass is 10.1. The molecular weight excluding hydrogens is 450 g/mol. The molecule has 0 fully saturated rings. The Morgan fingerprint density at radius 2 is 1.80 bits per heavy atom. The fraction of sp³-hybridized carbons (Fsp3) is 0.500. The predicted molar refractivity (Wildman–Crippen MR) is 119 cm³/mol. The number of halogens is 1. The summed E-state index contributed by atoms with van der Waals surface area (Å²) in [5.74, 6) is -0.0255. The van der Waals surface area contributed by atoms with E-state index in [1.54, 1.807) is 12.1 Å². The molecule has 30 heavy (non-hydrogen) atoms. The van der Waals surface area contributed by atoms with Gasteiger partial charge < -0.3 is 15.5 Å². The zero-order valence-electron chi connectivity index (χ0n) is 16.9. The van der Waals surface area contributed by atoms with Gasteiger partial charge in [0.05, 0.1) is 25.0 Å². The molecule has 1 unspecified atom stereocenters. The number of nitrogens with zero attached hydrogens (tertiary/aromatic N) is 3. The first-order chi connectivity index (χ1) is 14.1. The van der Waals surface area contributed by atoms with Gasteiger partial charge in [-0.15, -0.1) is 0 Å². The molecule has 0 saturated carbocycles. The van der Waals surface area contributed by atoms with Crippen LogP contribution in [-0.4, -0.2) is 58.6 Å². The van der Waals surface area contributed by atoms with E-state index in [9.17, 15) is 18.6 Å². The lowest BCUT2D eigenvalue weighted by Crippen LogP contribution is -2.36. The van der Waals surface area contributed by atoms with Crippen molar-refractivity contribution in [3.05, 3.63) is 34.9 Å². The average molecular weight is 476 g/mol. The number of rotatable bonds is 11. The number of aliphatic hydroxyl groups excluding tert-OH is 2. The minimum atomic E-state index is -3.60. The molecule has 1 heterocycles. The van der Waals surface area contributed by atoms with Crippen molar-refractivity contribution in [2.45, 2.75) is 49.2 Å². The lowest BCUT2D eigenvalue weighted by Gasteiger charge is -2.22. The van der Waals surface area contributed by atoms with Gasteiger partial charge in [0.2, 0.25) is 21.9 Å². The summed E-state index contributed by atoms with van der Waals surface area (Å²) < 4.78 is 25.6. The van der Waals surface area contributed by atoms with Gasteiger partial charge in [0.1, 0.15) is 0 Å². The Balaban J connectivity index is 2.32. The van der Waals surface area contributed by atoms with E-state index in [-0.39, 0.29) is 17.1 Å². The van der Waals surface area contributed by atoms with Crippen molar-refractivity contribution >= 4 is 45.3 Å². The van der Waals surface area contributed by atoms with Gasteiger partial charge in [-0.1, -0.05) is 48.8 Å². The van der Waals surface area contributed by atoms with Crippen LogP contribution in [0, 0.1) is 0 Å². The SMILES string of the molecule is CCC[C@@H](Nc1nc(NS(C)(=O)=O)nc(SC(C)c2ccc(Cl)cc2)n1)[C@@H](O)CO. The fourth-order valence-corrected chi connectivity index (χ4v) is 4.05. The standard InChI is InChI=1S/C18H26ClN5O4S2/c1-4-5-14(15(26)10-25)20-16-21-17(24-30(3,27)28)23-18(22-16)29-11(2)12-6-8-13(19)9-7-12/h6-9,11,14-15,25-26H,4-5,10H2,1-3H3,(H2,20,21,22,23,24)/t11?,14-,15+/m1/s1. The second-order valence-electron chi connectivity index (χ2n) is 6.74. The zero-order valence-corrected chi connectivity index (χ0v) is 19.3. The molecule has 2 rings (SSSR count). The number of hydrogen-bond donors (Lipinski definition) is 4. The highest BCUT2D eigenvalue weighted by atomic mass is 35.5. The van der Waals surface area contributed by atoms with Crippen LogP contribution < -0.4 is 10.0 Å². The average Bonchev–Trinajstić information content (AvgIpc) is 2.66. The Bertz CT molecular complexity index is 931. The third kappa shape index (κ3) is 7.88. The van der Waals surface area contributed by atoms with E-state index in [4.69, 9.17) is 11.6 Å². The van der Waals surface area contributed by atoms with E-state index in [2.05, 4.69) is 25.0 Å². The first-order valence-corrected chi connectivity index (χ1v) is 12.5. The van der Waals surface area contributed by atoms with Crippen LogP contribution in [0.4, 0.5) is 11.9 Å². The van der Waals surface area contributed by atoms with Crippen LogP contribution in [-0.2, 0) is 10.0 Å². The second kappa shape index (κ2) is 11.1. The van der Waals surface area contributed by atoms with Crippen molar-refractivity contribution in [2.75, 3.05) is 22.9 Å². The molecule has 1 aromatic carbocycles. The molecule has 0 aliphatic carbocycles. The number of aromatic nitrogens is 3. The molecule has 1 aromatic heterocycles. The minimum absolute atomic E-state index is 0.0435. The van der Waals surface area contributed by atoms with Crippen LogP contribution in [0.3, 0.4) is 0 Å². The molecule has 0 spiro atoms. The number of nitrogens with one attached hydrogen (secondary N) is 2. The first-order valence-electron chi connectivity index (χ1n) is 9.32. The molecule has 4 N–H and O–H groups in total. The van der Waals surface area contributed by atoms with E-state index >= 15 is 0 Å². The summed E-state index contributed by atoms with van der Waals surface area (Å²) in [6.07, 6.45) is 1.30. The minimum Gasteiger partial charge on any atom is -0.394 e. The summed E-state index contributed by atoms with van der Waals surface area (Å²) in [6.45, 7) is 3.48. The molecule has 0 bridgehead atoms. The molecule has 9 nitrogen and oxygen atoms in total. The van der Waals surface area contributed by atoms with Crippen molar-refractivity contribution in [1.82, 2.24) is 15.0 Å². The Morgan fingerprint density at radius 3 is 2.37 bits per heavy atom. The zero-order chi connectivity index (χ0) is 22.3. The maximum Gasteiger partial charge on any atom is 0.242 e. The molecule has 166 valence electrons. The summed E-state index contributed by atoms with van der Waals surface area (Å²) >= 11 is 7.26. The molecule has 0 aliphatic heterocycles. The van der Waals surface area contributed by atoms with Crippen LogP contribution in [0.25, 0.3) is 0 Å². The van der Waals surface area contributed by atoms with Gasteiger partial charge in [0.15, 0.2) is 5.16 Å². The molecule has 12 heteroatoms. The van der Waals surface area contributed by atoms with Crippen LogP contribution in [0.1, 0.15) is 37.5 Å². The third-order valence-electron chi connectivity index (χ3n) is 4.08. The molecule has 2 aromatic rings. The molecule has 0 saturated heterocycles. The smallest absolute Gasteiger partial charge is 0.242 e. The van der Waals surface area contributed by atoms with Gasteiger partial charge in [0.25, 0.3) is 0 Å². The largest absolute Gasteiger partial charge is 0.394 e. The van der Waals surface area contributed by atoms with Crippen molar-refractivity contribution in [2.24, 2.45) is 0 Å².